The van der Waals surface area contributed by atoms with Crippen molar-refractivity contribution in [1.82, 2.24) is 0 Å². The van der Waals surface area contributed by atoms with Crippen molar-refractivity contribution in [2.24, 2.45) is 11.7 Å². The maximum Gasteiger partial charge on any atom is 0.205 e. The van der Waals surface area contributed by atoms with E-state index in [9.17, 15) is 5.26 Å². The molecule has 0 spiro atoms. The molecule has 2 N–H and O–H groups in total. The second-order valence-electron chi connectivity index (χ2n) is 7.28. The normalized spacial score (nSPS) is 23.6. The SMILES string of the molecule is CC1CC2=C(OC(N)=C(C#N)C2c2ccccc2)/C(=C\c2ccccc2)C1. The van der Waals surface area contributed by atoms with Gasteiger partial charge in [-0.25, -0.2) is 0 Å². The summed E-state index contributed by atoms with van der Waals surface area (Å²) in [5.41, 5.74) is 11.2. The highest BCUT2D eigenvalue weighted by Crippen LogP contribution is 2.48. The van der Waals surface area contributed by atoms with Gasteiger partial charge in [-0.1, -0.05) is 67.6 Å². The number of allylic oxidation sites excluding steroid dienone is 3. The van der Waals surface area contributed by atoms with E-state index in [1.807, 2.05) is 36.4 Å². The number of nitrogens with two attached hydrogens (primary N) is 1. The molecule has 0 saturated carbocycles. The zero-order valence-electron chi connectivity index (χ0n) is 15.4. The third kappa shape index (κ3) is 3.27. The van der Waals surface area contributed by atoms with E-state index in [2.05, 4.69) is 43.3 Å². The topological polar surface area (TPSA) is 59.0 Å². The van der Waals surface area contributed by atoms with Crippen LogP contribution in [-0.4, -0.2) is 0 Å². The zero-order chi connectivity index (χ0) is 18.8. The van der Waals surface area contributed by atoms with Crippen molar-refractivity contribution in [2.45, 2.75) is 25.7 Å². The average molecular weight is 354 g/mol. The second-order valence-corrected chi connectivity index (χ2v) is 7.28. The first-order valence-electron chi connectivity index (χ1n) is 9.29. The molecule has 0 fully saturated rings. The van der Waals surface area contributed by atoms with Gasteiger partial charge in [-0.15, -0.1) is 0 Å². The monoisotopic (exact) mass is 354 g/mol. The standard InChI is InChI=1S/C24H22N2O/c1-16-12-19(14-17-8-4-2-5-9-17)23-20(13-16)22(18-10-6-3-7-11-18)21(15-25)24(26)27-23/h2-11,14,16,22H,12-13,26H2,1H3/b19-14-. The number of benzene rings is 2. The lowest BCUT2D eigenvalue weighted by Crippen LogP contribution is -2.25. The van der Waals surface area contributed by atoms with Crippen molar-refractivity contribution in [3.63, 3.8) is 0 Å². The fourth-order valence-corrected chi connectivity index (χ4v) is 4.08. The molecule has 2 aromatic carbocycles. The first-order chi connectivity index (χ1) is 13.2. The van der Waals surface area contributed by atoms with Gasteiger partial charge in [0.25, 0.3) is 0 Å². The molecule has 1 heterocycles. The third-order valence-electron chi connectivity index (χ3n) is 5.23. The maximum absolute atomic E-state index is 9.75. The van der Waals surface area contributed by atoms with E-state index in [-0.39, 0.29) is 11.8 Å². The lowest BCUT2D eigenvalue weighted by molar-refractivity contribution is 0.268. The van der Waals surface area contributed by atoms with Crippen LogP contribution in [0.15, 0.2) is 89.0 Å². The number of rotatable bonds is 2. The molecule has 1 aliphatic heterocycles. The van der Waals surface area contributed by atoms with Crippen molar-refractivity contribution in [3.8, 4) is 6.07 Å². The minimum absolute atomic E-state index is 0.137. The summed E-state index contributed by atoms with van der Waals surface area (Å²) in [6.45, 7) is 2.25. The van der Waals surface area contributed by atoms with E-state index in [0.29, 0.717) is 11.5 Å². The van der Waals surface area contributed by atoms with Gasteiger partial charge in [-0.05, 0) is 47.1 Å². The minimum atomic E-state index is -0.137. The summed E-state index contributed by atoms with van der Waals surface area (Å²) in [6.07, 6.45) is 4.02. The van der Waals surface area contributed by atoms with Crippen LogP contribution in [0.3, 0.4) is 0 Å². The van der Waals surface area contributed by atoms with Crippen LogP contribution in [0.25, 0.3) is 6.08 Å². The van der Waals surface area contributed by atoms with Crippen molar-refractivity contribution >= 4 is 6.08 Å². The highest BCUT2D eigenvalue weighted by Gasteiger charge is 2.37. The first kappa shape index (κ1) is 17.2. The van der Waals surface area contributed by atoms with Gasteiger partial charge in [-0.3, -0.25) is 0 Å². The molecule has 0 amide bonds. The van der Waals surface area contributed by atoms with Gasteiger partial charge in [0.1, 0.15) is 17.4 Å². The van der Waals surface area contributed by atoms with Crippen LogP contribution < -0.4 is 5.73 Å². The number of hydrogen-bond acceptors (Lipinski definition) is 3. The van der Waals surface area contributed by atoms with Crippen LogP contribution in [0.5, 0.6) is 0 Å². The van der Waals surface area contributed by atoms with E-state index < -0.39 is 0 Å². The molecule has 2 atom stereocenters. The highest BCUT2D eigenvalue weighted by atomic mass is 16.5. The van der Waals surface area contributed by atoms with Crippen molar-refractivity contribution in [3.05, 3.63) is 100 Å². The quantitative estimate of drug-likeness (QED) is 0.800. The Labute approximate surface area is 160 Å². The molecule has 134 valence electrons. The van der Waals surface area contributed by atoms with Crippen molar-refractivity contribution in [1.29, 1.82) is 5.26 Å². The van der Waals surface area contributed by atoms with Gasteiger partial charge in [0.15, 0.2) is 0 Å². The summed E-state index contributed by atoms with van der Waals surface area (Å²) < 4.78 is 6.02. The zero-order valence-corrected chi connectivity index (χ0v) is 15.4. The molecule has 1 aliphatic carbocycles. The molecule has 0 aromatic heterocycles. The Morgan fingerprint density at radius 1 is 1.04 bits per heavy atom. The van der Waals surface area contributed by atoms with Gasteiger partial charge < -0.3 is 10.5 Å². The Kier molecular flexibility index (Phi) is 4.56. The summed E-state index contributed by atoms with van der Waals surface area (Å²) in [6, 6.07) is 22.7. The largest absolute Gasteiger partial charge is 0.440 e. The van der Waals surface area contributed by atoms with Crippen LogP contribution >= 0.6 is 0 Å². The van der Waals surface area contributed by atoms with E-state index in [1.54, 1.807) is 0 Å². The van der Waals surface area contributed by atoms with E-state index in [0.717, 1.165) is 40.9 Å². The first-order valence-corrected chi connectivity index (χ1v) is 9.29. The smallest absolute Gasteiger partial charge is 0.205 e. The van der Waals surface area contributed by atoms with Gasteiger partial charge in [-0.2, -0.15) is 5.26 Å². The molecule has 27 heavy (non-hydrogen) atoms. The van der Waals surface area contributed by atoms with E-state index >= 15 is 0 Å². The predicted molar refractivity (Wildman–Crippen MR) is 107 cm³/mol. The van der Waals surface area contributed by atoms with Gasteiger partial charge in [0.05, 0.1) is 0 Å². The number of hydrogen-bond donors (Lipinski definition) is 1. The fourth-order valence-electron chi connectivity index (χ4n) is 4.08. The number of ether oxygens (including phenoxy) is 1. The van der Waals surface area contributed by atoms with Crippen molar-refractivity contribution in [2.75, 3.05) is 0 Å². The van der Waals surface area contributed by atoms with Crippen LogP contribution in [-0.2, 0) is 4.74 Å². The lowest BCUT2D eigenvalue weighted by atomic mass is 9.74. The van der Waals surface area contributed by atoms with Crippen LogP contribution in [0.2, 0.25) is 0 Å². The van der Waals surface area contributed by atoms with E-state index in [4.69, 9.17) is 10.5 Å². The number of nitrogens with zero attached hydrogens (tertiary/aromatic N) is 1. The lowest BCUT2D eigenvalue weighted by Gasteiger charge is -2.35. The van der Waals surface area contributed by atoms with Crippen LogP contribution in [0.4, 0.5) is 0 Å². The molecule has 4 rings (SSSR count). The Morgan fingerprint density at radius 2 is 1.70 bits per heavy atom. The molecule has 3 heteroatoms. The Hall–Kier alpha value is -3.25. The fraction of sp³-hybridized carbons (Fsp3) is 0.208. The van der Waals surface area contributed by atoms with Gasteiger partial charge >= 0.3 is 0 Å². The molecular formula is C24H22N2O. The minimum Gasteiger partial charge on any atom is -0.440 e. The summed E-state index contributed by atoms with van der Waals surface area (Å²) in [5, 5.41) is 9.75. The summed E-state index contributed by atoms with van der Waals surface area (Å²) >= 11 is 0. The molecule has 3 nitrogen and oxygen atoms in total. The summed E-state index contributed by atoms with van der Waals surface area (Å²) in [4.78, 5) is 0. The van der Waals surface area contributed by atoms with Gasteiger partial charge in [0, 0.05) is 5.92 Å². The Morgan fingerprint density at radius 3 is 2.37 bits per heavy atom. The highest BCUT2D eigenvalue weighted by molar-refractivity contribution is 5.62. The molecular weight excluding hydrogens is 332 g/mol. The molecule has 2 aliphatic rings. The Balaban J connectivity index is 1.87. The van der Waals surface area contributed by atoms with E-state index in [1.165, 1.54) is 0 Å². The van der Waals surface area contributed by atoms with Crippen molar-refractivity contribution < 1.29 is 4.74 Å². The average Bonchev–Trinajstić information content (AvgIpc) is 2.69. The molecule has 0 radical (unpaired) electrons. The predicted octanol–water partition coefficient (Wildman–Crippen LogP) is 5.26. The van der Waals surface area contributed by atoms with Crippen LogP contribution in [0, 0.1) is 17.2 Å². The number of nitriles is 1. The third-order valence-corrected chi connectivity index (χ3v) is 5.23. The molecule has 0 saturated heterocycles. The summed E-state index contributed by atoms with van der Waals surface area (Å²) in [7, 11) is 0. The van der Waals surface area contributed by atoms with Gasteiger partial charge in [0.2, 0.25) is 5.88 Å². The molecule has 2 aromatic rings. The van der Waals surface area contributed by atoms with Crippen LogP contribution in [0.1, 0.15) is 36.8 Å². The second kappa shape index (κ2) is 7.17. The molecule has 0 bridgehead atoms. The Bertz CT molecular complexity index is 978. The maximum atomic E-state index is 9.75. The summed E-state index contributed by atoms with van der Waals surface area (Å²) in [5.74, 6) is 1.41. The molecule has 2 unspecified atom stereocenters.